The minimum Gasteiger partial charge on any atom is -0.454 e. The highest BCUT2D eigenvalue weighted by atomic mass is 35.5. The SMILES string of the molecule is O=S1(=O)NC(=NCc2ccc(CO)cc2)Nc2c(Oc3ccccc3Cl)cccc21. The van der Waals surface area contributed by atoms with E-state index in [1.807, 2.05) is 12.1 Å². The molecular formula is C21H18ClN3O4S. The molecule has 0 spiro atoms. The van der Waals surface area contributed by atoms with Crippen LogP contribution < -0.4 is 14.8 Å². The molecule has 1 aliphatic heterocycles. The van der Waals surface area contributed by atoms with Crippen LogP contribution in [0.3, 0.4) is 0 Å². The summed E-state index contributed by atoms with van der Waals surface area (Å²) in [6.45, 7) is 0.209. The number of sulfonamides is 1. The zero-order valence-corrected chi connectivity index (χ0v) is 17.2. The third kappa shape index (κ3) is 4.25. The van der Waals surface area contributed by atoms with Crippen molar-refractivity contribution in [2.24, 2.45) is 4.99 Å². The summed E-state index contributed by atoms with van der Waals surface area (Å²) in [6.07, 6.45) is 0. The first-order valence-electron chi connectivity index (χ1n) is 9.04. The summed E-state index contributed by atoms with van der Waals surface area (Å²) in [4.78, 5) is 4.39. The van der Waals surface area contributed by atoms with Crippen LogP contribution in [0.4, 0.5) is 5.69 Å². The lowest BCUT2D eigenvalue weighted by Crippen LogP contribution is -2.40. The van der Waals surface area contributed by atoms with Crippen molar-refractivity contribution in [3.05, 3.63) is 82.9 Å². The fourth-order valence-corrected chi connectivity index (χ4v) is 4.24. The van der Waals surface area contributed by atoms with E-state index in [4.69, 9.17) is 21.4 Å². The molecule has 7 nitrogen and oxygen atoms in total. The summed E-state index contributed by atoms with van der Waals surface area (Å²) in [6, 6.07) is 18.9. The van der Waals surface area contributed by atoms with Crippen LogP contribution in [0.1, 0.15) is 11.1 Å². The summed E-state index contributed by atoms with van der Waals surface area (Å²) < 4.78 is 33.7. The Kier molecular flexibility index (Phi) is 5.63. The van der Waals surface area contributed by atoms with Crippen LogP contribution in [0, 0.1) is 0 Å². The number of anilines is 1. The van der Waals surface area contributed by atoms with Crippen LogP contribution in [0.5, 0.6) is 11.5 Å². The summed E-state index contributed by atoms with van der Waals surface area (Å²) in [5.41, 5.74) is 1.94. The van der Waals surface area contributed by atoms with E-state index >= 15 is 0 Å². The molecule has 154 valence electrons. The van der Waals surface area contributed by atoms with Gasteiger partial charge in [0, 0.05) is 0 Å². The van der Waals surface area contributed by atoms with Crippen molar-refractivity contribution in [2.75, 3.05) is 5.32 Å². The Morgan fingerprint density at radius 3 is 2.37 bits per heavy atom. The van der Waals surface area contributed by atoms with Gasteiger partial charge in [0.05, 0.1) is 18.2 Å². The smallest absolute Gasteiger partial charge is 0.266 e. The number of nitrogens with zero attached hydrogens (tertiary/aromatic N) is 1. The molecule has 0 saturated carbocycles. The second-order valence-corrected chi connectivity index (χ2v) is 8.59. The van der Waals surface area contributed by atoms with Gasteiger partial charge in [-0.25, -0.2) is 18.1 Å². The first kappa shape index (κ1) is 20.2. The first-order valence-corrected chi connectivity index (χ1v) is 10.9. The number of aliphatic imine (C=N–C) groups is 1. The van der Waals surface area contributed by atoms with Gasteiger partial charge in [-0.05, 0) is 35.4 Å². The third-order valence-corrected chi connectivity index (χ3v) is 6.13. The van der Waals surface area contributed by atoms with Gasteiger partial charge in [-0.2, -0.15) is 0 Å². The summed E-state index contributed by atoms with van der Waals surface area (Å²) in [7, 11) is -3.82. The molecule has 30 heavy (non-hydrogen) atoms. The van der Waals surface area contributed by atoms with Crippen molar-refractivity contribution in [1.29, 1.82) is 0 Å². The number of aliphatic hydroxyl groups excluding tert-OH is 1. The Labute approximate surface area is 179 Å². The van der Waals surface area contributed by atoms with Gasteiger partial charge in [-0.1, -0.05) is 54.1 Å². The van der Waals surface area contributed by atoms with Crippen molar-refractivity contribution < 1.29 is 18.3 Å². The third-order valence-electron chi connectivity index (χ3n) is 4.43. The van der Waals surface area contributed by atoms with Crippen LogP contribution >= 0.6 is 11.6 Å². The molecule has 0 radical (unpaired) electrons. The van der Waals surface area contributed by atoms with Crippen molar-refractivity contribution in [3.8, 4) is 11.5 Å². The molecule has 3 aromatic rings. The largest absolute Gasteiger partial charge is 0.454 e. The Hall–Kier alpha value is -3.07. The predicted molar refractivity (Wildman–Crippen MR) is 115 cm³/mol. The number of para-hydroxylation sites is 2. The van der Waals surface area contributed by atoms with Crippen LogP contribution in [0.2, 0.25) is 5.02 Å². The molecule has 0 atom stereocenters. The van der Waals surface area contributed by atoms with E-state index in [2.05, 4.69) is 15.0 Å². The number of fused-ring (bicyclic) bond motifs is 1. The van der Waals surface area contributed by atoms with E-state index in [0.717, 1.165) is 11.1 Å². The van der Waals surface area contributed by atoms with E-state index in [-0.39, 0.29) is 29.7 Å². The number of hydrogen-bond donors (Lipinski definition) is 3. The Bertz CT molecular complexity index is 1210. The predicted octanol–water partition coefficient (Wildman–Crippen LogP) is 3.88. The molecular weight excluding hydrogens is 426 g/mol. The van der Waals surface area contributed by atoms with Gasteiger partial charge in [0.15, 0.2) is 5.75 Å². The van der Waals surface area contributed by atoms with E-state index in [1.54, 1.807) is 48.5 Å². The number of aliphatic hydroxyl groups is 1. The fourth-order valence-electron chi connectivity index (χ4n) is 2.91. The van der Waals surface area contributed by atoms with Crippen LogP contribution in [-0.2, 0) is 23.2 Å². The molecule has 0 bridgehead atoms. The highest BCUT2D eigenvalue weighted by molar-refractivity contribution is 7.90. The van der Waals surface area contributed by atoms with Crippen molar-refractivity contribution in [3.63, 3.8) is 0 Å². The number of nitrogens with one attached hydrogen (secondary N) is 2. The molecule has 1 heterocycles. The highest BCUT2D eigenvalue weighted by Gasteiger charge is 2.29. The van der Waals surface area contributed by atoms with Gasteiger partial charge in [-0.15, -0.1) is 0 Å². The van der Waals surface area contributed by atoms with Crippen molar-refractivity contribution >= 4 is 33.3 Å². The molecule has 3 N–H and O–H groups in total. The number of rotatable bonds is 5. The number of hydrogen-bond acceptors (Lipinski definition) is 5. The zero-order valence-electron chi connectivity index (χ0n) is 15.7. The molecule has 4 rings (SSSR count). The van der Waals surface area contributed by atoms with Gasteiger partial charge < -0.3 is 15.2 Å². The molecule has 0 aromatic heterocycles. The molecule has 1 aliphatic rings. The molecule has 0 unspecified atom stereocenters. The van der Waals surface area contributed by atoms with E-state index in [9.17, 15) is 8.42 Å². The average molecular weight is 444 g/mol. The molecule has 0 amide bonds. The maximum Gasteiger partial charge on any atom is 0.266 e. The van der Waals surface area contributed by atoms with Gasteiger partial charge >= 0.3 is 0 Å². The van der Waals surface area contributed by atoms with Gasteiger partial charge in [-0.3, -0.25) is 0 Å². The highest BCUT2D eigenvalue weighted by Crippen LogP contribution is 2.38. The Balaban J connectivity index is 1.64. The fraction of sp³-hybridized carbons (Fsp3) is 0.0952. The Morgan fingerprint density at radius 1 is 0.933 bits per heavy atom. The number of halogens is 1. The van der Waals surface area contributed by atoms with Crippen molar-refractivity contribution in [1.82, 2.24) is 4.72 Å². The second kappa shape index (κ2) is 8.35. The van der Waals surface area contributed by atoms with Crippen LogP contribution in [0.25, 0.3) is 0 Å². The minimum absolute atomic E-state index is 0.0405. The maximum atomic E-state index is 12.7. The van der Waals surface area contributed by atoms with Gasteiger partial charge in [0.2, 0.25) is 5.96 Å². The lowest BCUT2D eigenvalue weighted by atomic mass is 10.1. The van der Waals surface area contributed by atoms with Gasteiger partial charge in [0.1, 0.15) is 16.3 Å². The number of guanidine groups is 1. The lowest BCUT2D eigenvalue weighted by molar-refractivity contribution is 0.282. The monoisotopic (exact) mass is 443 g/mol. The zero-order chi connectivity index (χ0) is 21.1. The molecule has 0 saturated heterocycles. The summed E-state index contributed by atoms with van der Waals surface area (Å²) in [5, 5.41) is 12.5. The van der Waals surface area contributed by atoms with Crippen LogP contribution in [0.15, 0.2) is 76.6 Å². The lowest BCUT2D eigenvalue weighted by Gasteiger charge is -2.23. The quantitative estimate of drug-likeness (QED) is 0.555. The number of benzene rings is 3. The minimum atomic E-state index is -3.82. The normalized spacial score (nSPS) is 15.7. The summed E-state index contributed by atoms with van der Waals surface area (Å²) in [5.74, 6) is 0.808. The molecule has 9 heteroatoms. The maximum absolute atomic E-state index is 12.7. The standard InChI is InChI=1S/C21H18ClN3O4S/c22-16-4-1-2-5-17(16)29-18-6-3-7-19-20(18)24-21(25-30(19,27)28)23-12-14-8-10-15(13-26)11-9-14/h1-11,26H,12-13H2,(H2,23,24,25). The van der Waals surface area contributed by atoms with Gasteiger partial charge in [0.25, 0.3) is 10.0 Å². The topological polar surface area (TPSA) is 100 Å². The van der Waals surface area contributed by atoms with E-state index in [1.165, 1.54) is 6.07 Å². The molecule has 0 fully saturated rings. The van der Waals surface area contributed by atoms with Crippen LogP contribution in [-0.4, -0.2) is 19.5 Å². The summed E-state index contributed by atoms with van der Waals surface area (Å²) >= 11 is 6.17. The molecule has 0 aliphatic carbocycles. The van der Waals surface area contributed by atoms with Crippen molar-refractivity contribution in [2.45, 2.75) is 18.0 Å². The Morgan fingerprint density at radius 2 is 1.63 bits per heavy atom. The molecule has 3 aromatic carbocycles. The average Bonchev–Trinajstić information content (AvgIpc) is 2.74. The van der Waals surface area contributed by atoms with E-state index in [0.29, 0.717) is 16.5 Å². The van der Waals surface area contributed by atoms with E-state index < -0.39 is 10.0 Å². The first-order chi connectivity index (χ1) is 14.5. The second-order valence-electron chi connectivity index (χ2n) is 6.53. The number of ether oxygens (including phenoxy) is 1.